The van der Waals surface area contributed by atoms with Crippen molar-refractivity contribution >= 4 is 23.9 Å². The Kier molecular flexibility index (Phi) is 10.0. The lowest BCUT2D eigenvalue weighted by molar-refractivity contribution is -0.138. The van der Waals surface area contributed by atoms with Crippen LogP contribution in [-0.2, 0) is 23.9 Å². The minimum Gasteiger partial charge on any atom is -0.480 e. The SMILES string of the molecule is CC[C@H](C)[C@H](NC(=O)CCC1OCCCN1C(=O)OC(C)(C)C)C(=O)NCC(=O)O. The second-order valence-corrected chi connectivity index (χ2v) is 8.43. The molecule has 0 aliphatic carbocycles. The highest BCUT2D eigenvalue weighted by Gasteiger charge is 2.32. The summed E-state index contributed by atoms with van der Waals surface area (Å²) in [6, 6.07) is -0.837. The van der Waals surface area contributed by atoms with Crippen LogP contribution in [0.3, 0.4) is 0 Å². The molecular weight excluding hydrogens is 394 g/mol. The van der Waals surface area contributed by atoms with Crippen molar-refractivity contribution in [3.05, 3.63) is 0 Å². The molecule has 1 rings (SSSR count). The average molecular weight is 430 g/mol. The van der Waals surface area contributed by atoms with Gasteiger partial charge in [0.05, 0.1) is 6.61 Å². The lowest BCUT2D eigenvalue weighted by Gasteiger charge is -2.36. The van der Waals surface area contributed by atoms with Crippen molar-refractivity contribution in [3.63, 3.8) is 0 Å². The fourth-order valence-corrected chi connectivity index (χ4v) is 2.93. The van der Waals surface area contributed by atoms with Crippen molar-refractivity contribution in [3.8, 4) is 0 Å². The van der Waals surface area contributed by atoms with Gasteiger partial charge in [-0.15, -0.1) is 0 Å². The maximum atomic E-state index is 12.5. The molecule has 1 unspecified atom stereocenters. The number of carboxylic acids is 1. The summed E-state index contributed by atoms with van der Waals surface area (Å²) in [5, 5.41) is 13.7. The standard InChI is InChI=1S/C20H35N3O7/c1-6-13(2)17(18(27)21-12-16(25)26)22-14(24)8-9-15-23(10-7-11-29-15)19(28)30-20(3,4)5/h13,15,17H,6-12H2,1-5H3,(H,21,27)(H,22,24)(H,25,26)/t13-,15?,17-/m0/s1. The maximum absolute atomic E-state index is 12.5. The van der Waals surface area contributed by atoms with E-state index in [1.807, 2.05) is 6.92 Å². The van der Waals surface area contributed by atoms with Gasteiger partial charge in [0, 0.05) is 19.4 Å². The van der Waals surface area contributed by atoms with Crippen LogP contribution in [0.1, 0.15) is 60.3 Å². The van der Waals surface area contributed by atoms with Gasteiger partial charge in [-0.05, 0) is 33.1 Å². The largest absolute Gasteiger partial charge is 0.480 e. The molecule has 0 aromatic heterocycles. The molecule has 10 heteroatoms. The zero-order chi connectivity index (χ0) is 22.9. The highest BCUT2D eigenvalue weighted by atomic mass is 16.6. The number of amides is 3. The first-order chi connectivity index (χ1) is 13.9. The fraction of sp³-hybridized carbons (Fsp3) is 0.800. The number of carbonyl (C=O) groups excluding carboxylic acids is 3. The summed E-state index contributed by atoms with van der Waals surface area (Å²) in [6.45, 7) is 9.48. The Bertz CT molecular complexity index is 618. The van der Waals surface area contributed by atoms with E-state index < -0.39 is 42.4 Å². The number of hydrogen-bond donors (Lipinski definition) is 3. The molecule has 1 saturated heterocycles. The number of nitrogens with one attached hydrogen (secondary N) is 2. The summed E-state index contributed by atoms with van der Waals surface area (Å²) >= 11 is 0. The van der Waals surface area contributed by atoms with Crippen molar-refractivity contribution in [1.82, 2.24) is 15.5 Å². The second-order valence-electron chi connectivity index (χ2n) is 8.43. The molecule has 1 fully saturated rings. The average Bonchev–Trinajstić information content (AvgIpc) is 2.66. The molecular formula is C20H35N3O7. The number of hydrogen-bond acceptors (Lipinski definition) is 6. The highest BCUT2D eigenvalue weighted by Crippen LogP contribution is 2.19. The number of carbonyl (C=O) groups is 4. The van der Waals surface area contributed by atoms with E-state index in [1.165, 1.54) is 4.90 Å². The Morgan fingerprint density at radius 2 is 1.93 bits per heavy atom. The summed E-state index contributed by atoms with van der Waals surface area (Å²) in [7, 11) is 0. The number of nitrogens with zero attached hydrogens (tertiary/aromatic N) is 1. The molecule has 1 aliphatic rings. The van der Waals surface area contributed by atoms with Gasteiger partial charge in [-0.2, -0.15) is 0 Å². The summed E-state index contributed by atoms with van der Waals surface area (Å²) in [5.74, 6) is -2.24. The van der Waals surface area contributed by atoms with Crippen LogP contribution in [-0.4, -0.2) is 71.5 Å². The molecule has 1 heterocycles. The van der Waals surface area contributed by atoms with Gasteiger partial charge in [0.25, 0.3) is 0 Å². The van der Waals surface area contributed by atoms with E-state index in [1.54, 1.807) is 27.7 Å². The predicted molar refractivity (Wildman–Crippen MR) is 109 cm³/mol. The molecule has 0 radical (unpaired) electrons. The first-order valence-corrected chi connectivity index (χ1v) is 10.3. The lowest BCUT2D eigenvalue weighted by atomic mass is 9.98. The molecule has 0 bridgehead atoms. The minimum absolute atomic E-state index is 0.0448. The molecule has 10 nitrogen and oxygen atoms in total. The van der Waals surface area contributed by atoms with Gasteiger partial charge in [-0.1, -0.05) is 20.3 Å². The van der Waals surface area contributed by atoms with Crippen LogP contribution in [0.25, 0.3) is 0 Å². The smallest absolute Gasteiger partial charge is 0.412 e. The molecule has 30 heavy (non-hydrogen) atoms. The Labute approximate surface area is 177 Å². The summed E-state index contributed by atoms with van der Waals surface area (Å²) < 4.78 is 11.1. The van der Waals surface area contributed by atoms with Crippen LogP contribution in [0.4, 0.5) is 4.79 Å². The van der Waals surface area contributed by atoms with Crippen molar-refractivity contribution in [2.75, 3.05) is 19.7 Å². The van der Waals surface area contributed by atoms with Gasteiger partial charge in [-0.25, -0.2) is 4.79 Å². The van der Waals surface area contributed by atoms with Gasteiger partial charge in [-0.3, -0.25) is 19.3 Å². The van der Waals surface area contributed by atoms with E-state index in [4.69, 9.17) is 14.6 Å². The second kappa shape index (κ2) is 11.7. The third-order valence-corrected chi connectivity index (χ3v) is 4.67. The van der Waals surface area contributed by atoms with Crippen molar-refractivity contribution in [2.24, 2.45) is 5.92 Å². The molecule has 3 atom stereocenters. The van der Waals surface area contributed by atoms with Crippen LogP contribution in [0.2, 0.25) is 0 Å². The summed E-state index contributed by atoms with van der Waals surface area (Å²) in [6.07, 6.45) is 0.546. The zero-order valence-electron chi connectivity index (χ0n) is 18.5. The topological polar surface area (TPSA) is 134 Å². The fourth-order valence-electron chi connectivity index (χ4n) is 2.93. The Morgan fingerprint density at radius 1 is 1.27 bits per heavy atom. The van der Waals surface area contributed by atoms with Gasteiger partial charge in [0.2, 0.25) is 11.8 Å². The Morgan fingerprint density at radius 3 is 2.50 bits per heavy atom. The van der Waals surface area contributed by atoms with Gasteiger partial charge in [0.15, 0.2) is 0 Å². The Hall–Kier alpha value is -2.36. The van der Waals surface area contributed by atoms with E-state index in [-0.39, 0.29) is 24.7 Å². The molecule has 172 valence electrons. The maximum Gasteiger partial charge on any atom is 0.412 e. The quantitative estimate of drug-likeness (QED) is 0.505. The van der Waals surface area contributed by atoms with Crippen molar-refractivity contribution < 1.29 is 33.8 Å². The summed E-state index contributed by atoms with van der Waals surface area (Å²) in [4.78, 5) is 49.3. The van der Waals surface area contributed by atoms with E-state index in [2.05, 4.69) is 10.6 Å². The molecule has 3 amide bonds. The summed E-state index contributed by atoms with van der Waals surface area (Å²) in [5.41, 5.74) is -0.636. The normalized spacial score (nSPS) is 18.8. The highest BCUT2D eigenvalue weighted by molar-refractivity contribution is 5.89. The molecule has 0 spiro atoms. The van der Waals surface area contributed by atoms with Crippen LogP contribution < -0.4 is 10.6 Å². The van der Waals surface area contributed by atoms with Crippen LogP contribution in [0.15, 0.2) is 0 Å². The number of aliphatic carboxylic acids is 1. The first kappa shape index (κ1) is 25.7. The van der Waals surface area contributed by atoms with E-state index in [0.29, 0.717) is 26.0 Å². The van der Waals surface area contributed by atoms with Crippen LogP contribution in [0, 0.1) is 5.92 Å². The molecule has 1 aliphatic heterocycles. The van der Waals surface area contributed by atoms with Crippen molar-refractivity contribution in [1.29, 1.82) is 0 Å². The first-order valence-electron chi connectivity index (χ1n) is 10.3. The molecule has 3 N–H and O–H groups in total. The molecule has 0 aromatic rings. The van der Waals surface area contributed by atoms with Crippen LogP contribution >= 0.6 is 0 Å². The van der Waals surface area contributed by atoms with Crippen LogP contribution in [0.5, 0.6) is 0 Å². The van der Waals surface area contributed by atoms with Gasteiger partial charge >= 0.3 is 12.1 Å². The minimum atomic E-state index is -1.16. The third-order valence-electron chi connectivity index (χ3n) is 4.67. The predicted octanol–water partition coefficient (Wildman–Crippen LogP) is 1.48. The van der Waals surface area contributed by atoms with Crippen molar-refractivity contribution in [2.45, 2.75) is 78.2 Å². The van der Waals surface area contributed by atoms with E-state index in [9.17, 15) is 19.2 Å². The van der Waals surface area contributed by atoms with E-state index in [0.717, 1.165) is 0 Å². The Balaban J connectivity index is 2.66. The number of ether oxygens (including phenoxy) is 2. The van der Waals surface area contributed by atoms with Gasteiger partial charge < -0.3 is 25.2 Å². The van der Waals surface area contributed by atoms with E-state index >= 15 is 0 Å². The molecule has 0 saturated carbocycles. The number of rotatable bonds is 9. The lowest BCUT2D eigenvalue weighted by Crippen LogP contribution is -2.52. The van der Waals surface area contributed by atoms with Gasteiger partial charge in [0.1, 0.15) is 24.4 Å². The zero-order valence-corrected chi connectivity index (χ0v) is 18.5. The number of carboxylic acid groups (broad SMARTS) is 1. The molecule has 0 aromatic carbocycles. The monoisotopic (exact) mass is 429 g/mol. The third kappa shape index (κ3) is 8.98.